The fraction of sp³-hybridized carbons (Fsp3) is 0.500. The molecule has 134 valence electrons. The Bertz CT molecular complexity index is 665. The van der Waals surface area contributed by atoms with Gasteiger partial charge in [-0.25, -0.2) is 0 Å². The van der Waals surface area contributed by atoms with Crippen molar-refractivity contribution in [2.45, 2.75) is 44.7 Å². The van der Waals surface area contributed by atoms with E-state index >= 15 is 0 Å². The van der Waals surface area contributed by atoms with Crippen LogP contribution in [0.15, 0.2) is 36.4 Å². The van der Waals surface area contributed by atoms with Crippen LogP contribution < -0.4 is 5.32 Å². The number of benzene rings is 1. The molecule has 1 aromatic rings. The van der Waals surface area contributed by atoms with Gasteiger partial charge in [0, 0.05) is 18.3 Å². The van der Waals surface area contributed by atoms with Gasteiger partial charge in [-0.05, 0) is 31.5 Å². The van der Waals surface area contributed by atoms with Crippen LogP contribution in [0.3, 0.4) is 0 Å². The standard InChI is InChI=1S/C20H26N2O3/c1-22(15-8-3-2-4-9-15)13-14-7-5-6-10-18(14)21-19(23)16-11-12-17(16)20(24)25/h5-7,10-12,15-17H,2-4,8-9,13H2,1H3,(H,21,23)(H,24,25)/t16-,17+/m1/s1. The maximum absolute atomic E-state index is 12.4. The number of hydrogen-bond donors (Lipinski definition) is 2. The molecule has 1 saturated carbocycles. The van der Waals surface area contributed by atoms with E-state index in [-0.39, 0.29) is 5.91 Å². The normalized spacial score (nSPS) is 23.3. The number of rotatable bonds is 6. The lowest BCUT2D eigenvalue weighted by Gasteiger charge is -2.32. The van der Waals surface area contributed by atoms with Crippen molar-refractivity contribution in [1.82, 2.24) is 4.90 Å². The van der Waals surface area contributed by atoms with Gasteiger partial charge in [-0.3, -0.25) is 14.5 Å². The number of carboxylic acid groups (broad SMARTS) is 1. The van der Waals surface area contributed by atoms with Gasteiger partial charge in [0.05, 0.1) is 11.8 Å². The molecule has 0 aliphatic heterocycles. The van der Waals surface area contributed by atoms with Gasteiger partial charge >= 0.3 is 5.97 Å². The summed E-state index contributed by atoms with van der Waals surface area (Å²) in [6, 6.07) is 8.39. The lowest BCUT2D eigenvalue weighted by molar-refractivity contribution is -0.144. The summed E-state index contributed by atoms with van der Waals surface area (Å²) < 4.78 is 0. The number of nitrogens with zero attached hydrogens (tertiary/aromatic N) is 1. The lowest BCUT2D eigenvalue weighted by Crippen LogP contribution is -2.37. The fourth-order valence-corrected chi connectivity index (χ4v) is 3.74. The summed E-state index contributed by atoms with van der Waals surface area (Å²) in [4.78, 5) is 25.9. The summed E-state index contributed by atoms with van der Waals surface area (Å²) >= 11 is 0. The monoisotopic (exact) mass is 342 g/mol. The van der Waals surface area contributed by atoms with Crippen LogP contribution in [-0.2, 0) is 16.1 Å². The van der Waals surface area contributed by atoms with Crippen molar-refractivity contribution in [3.05, 3.63) is 42.0 Å². The Balaban J connectivity index is 1.65. The summed E-state index contributed by atoms with van der Waals surface area (Å²) in [6.07, 6.45) is 9.60. The smallest absolute Gasteiger partial charge is 0.311 e. The summed E-state index contributed by atoms with van der Waals surface area (Å²) in [5.74, 6) is -2.49. The van der Waals surface area contributed by atoms with E-state index in [0.29, 0.717) is 6.04 Å². The number of carbonyl (C=O) groups excluding carboxylic acids is 1. The molecule has 2 aliphatic carbocycles. The molecule has 1 amide bonds. The van der Waals surface area contributed by atoms with Gasteiger partial charge in [-0.15, -0.1) is 0 Å². The Kier molecular flexibility index (Phi) is 5.53. The van der Waals surface area contributed by atoms with Crippen molar-refractivity contribution in [2.24, 2.45) is 11.8 Å². The predicted octanol–water partition coefficient (Wildman–Crippen LogP) is 3.28. The van der Waals surface area contributed by atoms with Crippen molar-refractivity contribution in [3.63, 3.8) is 0 Å². The van der Waals surface area contributed by atoms with Crippen LogP contribution >= 0.6 is 0 Å². The Morgan fingerprint density at radius 2 is 1.80 bits per heavy atom. The van der Waals surface area contributed by atoms with Crippen LogP contribution in [0.5, 0.6) is 0 Å². The maximum Gasteiger partial charge on any atom is 0.311 e. The maximum atomic E-state index is 12.4. The van der Waals surface area contributed by atoms with Crippen molar-refractivity contribution >= 4 is 17.6 Å². The van der Waals surface area contributed by atoms with Crippen LogP contribution in [0.4, 0.5) is 5.69 Å². The number of amides is 1. The predicted molar refractivity (Wildman–Crippen MR) is 97.2 cm³/mol. The Labute approximate surface area is 148 Å². The van der Waals surface area contributed by atoms with Crippen LogP contribution in [-0.4, -0.2) is 35.0 Å². The lowest BCUT2D eigenvalue weighted by atomic mass is 9.81. The first-order valence-electron chi connectivity index (χ1n) is 9.06. The molecule has 0 bridgehead atoms. The van der Waals surface area contributed by atoms with Gasteiger partial charge in [0.25, 0.3) is 0 Å². The summed E-state index contributed by atoms with van der Waals surface area (Å²) in [5, 5.41) is 12.0. The Morgan fingerprint density at radius 1 is 1.12 bits per heavy atom. The number of aliphatic carboxylic acids is 1. The van der Waals surface area contributed by atoms with E-state index in [9.17, 15) is 9.59 Å². The van der Waals surface area contributed by atoms with E-state index in [2.05, 4.69) is 17.3 Å². The zero-order chi connectivity index (χ0) is 17.8. The first-order valence-corrected chi connectivity index (χ1v) is 9.06. The van der Waals surface area contributed by atoms with Crippen LogP contribution in [0.25, 0.3) is 0 Å². The molecule has 0 unspecified atom stereocenters. The highest BCUT2D eigenvalue weighted by Gasteiger charge is 2.36. The first kappa shape index (κ1) is 17.7. The second-order valence-electron chi connectivity index (χ2n) is 7.13. The number of carbonyl (C=O) groups is 2. The van der Waals surface area contributed by atoms with Gasteiger partial charge in [0.2, 0.25) is 5.91 Å². The molecule has 1 fully saturated rings. The molecule has 1 aromatic carbocycles. The summed E-state index contributed by atoms with van der Waals surface area (Å²) in [6.45, 7) is 0.782. The van der Waals surface area contributed by atoms with E-state index in [1.54, 1.807) is 12.2 Å². The third-order valence-electron chi connectivity index (χ3n) is 5.39. The zero-order valence-corrected chi connectivity index (χ0v) is 14.6. The van der Waals surface area contributed by atoms with Crippen LogP contribution in [0.2, 0.25) is 0 Å². The van der Waals surface area contributed by atoms with Gasteiger partial charge in [-0.2, -0.15) is 0 Å². The molecule has 0 aromatic heterocycles. The second-order valence-corrected chi connectivity index (χ2v) is 7.13. The number of nitrogens with one attached hydrogen (secondary N) is 1. The molecule has 0 heterocycles. The quantitative estimate of drug-likeness (QED) is 0.779. The van der Waals surface area contributed by atoms with Crippen molar-refractivity contribution < 1.29 is 14.7 Å². The molecule has 2 atom stereocenters. The molecule has 5 nitrogen and oxygen atoms in total. The third-order valence-corrected chi connectivity index (χ3v) is 5.39. The van der Waals surface area contributed by atoms with E-state index in [1.165, 1.54) is 32.1 Å². The van der Waals surface area contributed by atoms with E-state index in [1.807, 2.05) is 24.3 Å². The number of carboxylic acids is 1. The molecule has 2 N–H and O–H groups in total. The molecule has 2 aliphatic rings. The Morgan fingerprint density at radius 3 is 2.44 bits per heavy atom. The summed E-state index contributed by atoms with van der Waals surface area (Å²) in [5.41, 5.74) is 1.85. The Hall–Kier alpha value is -2.14. The molecule has 3 rings (SSSR count). The minimum atomic E-state index is -0.951. The largest absolute Gasteiger partial charge is 0.481 e. The first-order chi connectivity index (χ1) is 12.1. The SMILES string of the molecule is CN(Cc1ccccc1NC(=O)[C@@H]1C=C[C@@H]1C(=O)O)C1CCCCC1. The van der Waals surface area contributed by atoms with Crippen LogP contribution in [0.1, 0.15) is 37.7 Å². The second kappa shape index (κ2) is 7.83. The molecule has 0 radical (unpaired) electrons. The topological polar surface area (TPSA) is 69.6 Å². The molecular weight excluding hydrogens is 316 g/mol. The average Bonchev–Trinajstić information content (AvgIpc) is 2.55. The molecule has 5 heteroatoms. The van der Waals surface area contributed by atoms with E-state index in [4.69, 9.17) is 5.11 Å². The van der Waals surface area contributed by atoms with Crippen molar-refractivity contribution in [2.75, 3.05) is 12.4 Å². The van der Waals surface area contributed by atoms with Gasteiger partial charge in [-0.1, -0.05) is 49.6 Å². The highest BCUT2D eigenvalue weighted by molar-refractivity contribution is 5.98. The molecular formula is C20H26N2O3. The highest BCUT2D eigenvalue weighted by Crippen LogP contribution is 2.29. The van der Waals surface area contributed by atoms with Gasteiger partial charge in [0.15, 0.2) is 0 Å². The zero-order valence-electron chi connectivity index (χ0n) is 14.6. The highest BCUT2D eigenvalue weighted by atomic mass is 16.4. The van der Waals surface area contributed by atoms with Crippen LogP contribution in [0, 0.1) is 11.8 Å². The molecule has 25 heavy (non-hydrogen) atoms. The summed E-state index contributed by atoms with van der Waals surface area (Å²) in [7, 11) is 2.14. The third kappa shape index (κ3) is 4.10. The number of para-hydroxylation sites is 1. The minimum Gasteiger partial charge on any atom is -0.481 e. The van der Waals surface area contributed by atoms with E-state index < -0.39 is 17.8 Å². The van der Waals surface area contributed by atoms with Gasteiger partial charge in [0.1, 0.15) is 0 Å². The number of anilines is 1. The van der Waals surface area contributed by atoms with Gasteiger partial charge < -0.3 is 10.4 Å². The molecule has 0 saturated heterocycles. The average molecular weight is 342 g/mol. The van der Waals surface area contributed by atoms with E-state index in [0.717, 1.165) is 17.8 Å². The van der Waals surface area contributed by atoms with Crippen molar-refractivity contribution in [3.8, 4) is 0 Å². The fourth-order valence-electron chi connectivity index (χ4n) is 3.74. The van der Waals surface area contributed by atoms with Crippen molar-refractivity contribution in [1.29, 1.82) is 0 Å². The number of hydrogen-bond acceptors (Lipinski definition) is 3. The minimum absolute atomic E-state index is 0.248. The molecule has 0 spiro atoms.